The quantitative estimate of drug-likeness (QED) is 0.858. The minimum atomic E-state index is -4.59. The lowest BCUT2D eigenvalue weighted by molar-refractivity contribution is -0.137. The van der Waals surface area contributed by atoms with Gasteiger partial charge in [0, 0.05) is 5.56 Å². The number of halogens is 3. The third-order valence-corrected chi connectivity index (χ3v) is 3.87. The first kappa shape index (κ1) is 15.2. The molecule has 110 valence electrons. The van der Waals surface area contributed by atoms with E-state index in [4.69, 9.17) is 5.11 Å². The number of rotatable bonds is 3. The lowest BCUT2D eigenvalue weighted by Gasteiger charge is -2.11. The molecule has 1 aromatic carbocycles. The summed E-state index contributed by atoms with van der Waals surface area (Å²) in [5, 5.41) is 10.7. The minimum absolute atomic E-state index is 0.108. The van der Waals surface area contributed by atoms with Crippen molar-refractivity contribution in [2.24, 2.45) is 0 Å². The Labute approximate surface area is 121 Å². The maximum absolute atomic E-state index is 12.8. The number of aromatic carboxylic acids is 1. The third kappa shape index (κ3) is 2.97. The summed E-state index contributed by atoms with van der Waals surface area (Å²) >= 11 is 1.06. The Hall–Kier alpha value is -2.15. The van der Waals surface area contributed by atoms with Crippen LogP contribution in [0.15, 0.2) is 29.6 Å². The zero-order chi connectivity index (χ0) is 15.8. The minimum Gasteiger partial charge on any atom is -0.478 e. The van der Waals surface area contributed by atoms with Gasteiger partial charge in [0.15, 0.2) is 5.78 Å². The van der Waals surface area contributed by atoms with E-state index in [-0.39, 0.29) is 27.4 Å². The van der Waals surface area contributed by atoms with E-state index in [1.165, 1.54) is 18.4 Å². The molecule has 0 saturated carbocycles. The number of thiophene rings is 1. The van der Waals surface area contributed by atoms with E-state index in [0.29, 0.717) is 6.07 Å². The van der Waals surface area contributed by atoms with E-state index >= 15 is 0 Å². The second-order valence-corrected chi connectivity index (χ2v) is 5.20. The molecular formula is C14H9F3O3S. The van der Waals surface area contributed by atoms with Crippen LogP contribution in [0.2, 0.25) is 0 Å². The molecule has 0 atom stereocenters. The highest BCUT2D eigenvalue weighted by molar-refractivity contribution is 7.12. The molecule has 0 spiro atoms. The molecule has 7 heteroatoms. The molecule has 0 aliphatic rings. The maximum atomic E-state index is 12.8. The van der Waals surface area contributed by atoms with Gasteiger partial charge in [0.1, 0.15) is 0 Å². The smallest absolute Gasteiger partial charge is 0.416 e. The molecule has 2 rings (SSSR count). The summed E-state index contributed by atoms with van der Waals surface area (Å²) in [6.07, 6.45) is -4.59. The van der Waals surface area contributed by atoms with Crippen LogP contribution in [0.3, 0.4) is 0 Å². The Morgan fingerprint density at radius 3 is 2.33 bits per heavy atom. The van der Waals surface area contributed by atoms with Crippen LogP contribution >= 0.6 is 11.3 Å². The zero-order valence-electron chi connectivity index (χ0n) is 10.7. The van der Waals surface area contributed by atoms with Gasteiger partial charge in [-0.15, -0.1) is 11.3 Å². The van der Waals surface area contributed by atoms with Gasteiger partial charge in [0.05, 0.1) is 16.0 Å². The summed E-state index contributed by atoms with van der Waals surface area (Å²) in [4.78, 5) is 22.9. The number of carbonyl (C=O) groups is 2. The lowest BCUT2D eigenvalue weighted by atomic mass is 9.96. The Kier molecular flexibility index (Phi) is 3.87. The fourth-order valence-electron chi connectivity index (χ4n) is 1.92. The van der Waals surface area contributed by atoms with Crippen LogP contribution < -0.4 is 0 Å². The van der Waals surface area contributed by atoms with Crippen LogP contribution in [0.25, 0.3) is 11.1 Å². The molecule has 0 aliphatic heterocycles. The molecule has 1 aromatic heterocycles. The van der Waals surface area contributed by atoms with E-state index in [0.717, 1.165) is 23.5 Å². The van der Waals surface area contributed by atoms with Crippen LogP contribution in [-0.4, -0.2) is 16.9 Å². The molecule has 1 heterocycles. The van der Waals surface area contributed by atoms with Crippen molar-refractivity contribution in [3.8, 4) is 11.1 Å². The number of Topliss-reactive ketones (excluding diaryl/α,β-unsaturated/α-hetero) is 1. The fourth-order valence-corrected chi connectivity index (χ4v) is 2.74. The molecule has 1 N–H and O–H groups in total. The zero-order valence-corrected chi connectivity index (χ0v) is 11.5. The van der Waals surface area contributed by atoms with Crippen LogP contribution in [0, 0.1) is 0 Å². The van der Waals surface area contributed by atoms with Crippen molar-refractivity contribution in [2.75, 3.05) is 0 Å². The van der Waals surface area contributed by atoms with Gasteiger partial charge < -0.3 is 5.11 Å². The van der Waals surface area contributed by atoms with Crippen molar-refractivity contribution in [3.05, 3.63) is 45.6 Å². The summed E-state index contributed by atoms with van der Waals surface area (Å²) in [7, 11) is 0. The number of alkyl halides is 3. The van der Waals surface area contributed by atoms with Crippen molar-refractivity contribution in [2.45, 2.75) is 13.1 Å². The highest BCUT2D eigenvalue weighted by atomic mass is 32.1. The normalized spacial score (nSPS) is 11.4. The van der Waals surface area contributed by atoms with Crippen molar-refractivity contribution in [3.63, 3.8) is 0 Å². The van der Waals surface area contributed by atoms with Crippen LogP contribution in [0.5, 0.6) is 0 Å². The fraction of sp³-hybridized carbons (Fsp3) is 0.143. The van der Waals surface area contributed by atoms with Gasteiger partial charge in [-0.2, -0.15) is 13.2 Å². The molecule has 3 nitrogen and oxygen atoms in total. The van der Waals surface area contributed by atoms with E-state index in [1.807, 2.05) is 0 Å². The van der Waals surface area contributed by atoms with E-state index in [1.54, 1.807) is 0 Å². The first-order valence-electron chi connectivity index (χ1n) is 5.75. The van der Waals surface area contributed by atoms with Crippen molar-refractivity contribution in [1.82, 2.24) is 0 Å². The van der Waals surface area contributed by atoms with Gasteiger partial charge in [0.25, 0.3) is 0 Å². The molecule has 0 unspecified atom stereocenters. The molecule has 0 aliphatic carbocycles. The summed E-state index contributed by atoms with van der Waals surface area (Å²) in [5.74, 6) is -1.67. The molecular weight excluding hydrogens is 305 g/mol. The lowest BCUT2D eigenvalue weighted by Crippen LogP contribution is -2.08. The third-order valence-electron chi connectivity index (χ3n) is 2.85. The molecule has 0 saturated heterocycles. The largest absolute Gasteiger partial charge is 0.478 e. The predicted octanol–water partition coefficient (Wildman–Crippen LogP) is 4.33. The summed E-state index contributed by atoms with van der Waals surface area (Å²) in [6, 6.07) is 3.83. The van der Waals surface area contributed by atoms with Crippen LogP contribution in [0.4, 0.5) is 13.2 Å². The van der Waals surface area contributed by atoms with Gasteiger partial charge in [-0.25, -0.2) is 4.79 Å². The maximum Gasteiger partial charge on any atom is 0.416 e. The van der Waals surface area contributed by atoms with Crippen molar-refractivity contribution in [1.29, 1.82) is 0 Å². The number of hydrogen-bond acceptors (Lipinski definition) is 3. The van der Waals surface area contributed by atoms with Crippen molar-refractivity contribution < 1.29 is 27.9 Å². The predicted molar refractivity (Wildman–Crippen MR) is 71.7 cm³/mol. The number of hydrogen-bond donors (Lipinski definition) is 1. The van der Waals surface area contributed by atoms with Crippen molar-refractivity contribution >= 4 is 23.1 Å². The average molecular weight is 314 g/mol. The molecule has 0 fully saturated rings. The Bertz CT molecular complexity index is 716. The second kappa shape index (κ2) is 5.33. The van der Waals surface area contributed by atoms with Crippen LogP contribution in [-0.2, 0) is 6.18 Å². The van der Waals surface area contributed by atoms with E-state index in [9.17, 15) is 22.8 Å². The number of carboxylic acids is 1. The highest BCUT2D eigenvalue weighted by Gasteiger charge is 2.32. The SMILES string of the molecule is CC(=O)c1sccc1-c1cc(C(F)(F)F)ccc1C(=O)O. The molecule has 0 radical (unpaired) electrons. The first-order chi connectivity index (χ1) is 9.71. The molecule has 21 heavy (non-hydrogen) atoms. The Balaban J connectivity index is 2.72. The number of benzene rings is 1. The van der Waals surface area contributed by atoms with E-state index < -0.39 is 17.7 Å². The highest BCUT2D eigenvalue weighted by Crippen LogP contribution is 2.36. The average Bonchev–Trinajstić information content (AvgIpc) is 2.85. The summed E-state index contributed by atoms with van der Waals surface area (Å²) in [6.45, 7) is 1.28. The molecule has 2 aromatic rings. The Morgan fingerprint density at radius 1 is 1.14 bits per heavy atom. The van der Waals surface area contributed by atoms with Gasteiger partial charge in [-0.05, 0) is 42.1 Å². The van der Waals surface area contributed by atoms with Crippen LogP contribution in [0.1, 0.15) is 32.5 Å². The summed E-state index contributed by atoms with van der Waals surface area (Å²) < 4.78 is 38.4. The second-order valence-electron chi connectivity index (χ2n) is 4.28. The van der Waals surface area contributed by atoms with Gasteiger partial charge in [-0.3, -0.25) is 4.79 Å². The van der Waals surface area contributed by atoms with Gasteiger partial charge in [-0.1, -0.05) is 0 Å². The number of carbonyl (C=O) groups excluding carboxylic acids is 1. The number of carboxylic acid groups (broad SMARTS) is 1. The van der Waals surface area contributed by atoms with Gasteiger partial charge >= 0.3 is 12.1 Å². The van der Waals surface area contributed by atoms with E-state index in [2.05, 4.69) is 0 Å². The van der Waals surface area contributed by atoms with Gasteiger partial charge in [0.2, 0.25) is 0 Å². The standard InChI is InChI=1S/C14H9F3O3S/c1-7(18)12-9(4-5-21-12)11-6-8(14(15,16)17)2-3-10(11)13(19)20/h2-6H,1H3,(H,19,20). The monoisotopic (exact) mass is 314 g/mol. The summed E-state index contributed by atoms with van der Waals surface area (Å²) in [5.41, 5.74) is -1.13. The topological polar surface area (TPSA) is 54.4 Å². The molecule has 0 amide bonds. The molecule has 0 bridgehead atoms. The number of ketones is 1. The Morgan fingerprint density at radius 2 is 1.81 bits per heavy atom. The first-order valence-corrected chi connectivity index (χ1v) is 6.63.